The number of rotatable bonds is 4. The number of aromatic nitrogens is 2. The van der Waals surface area contributed by atoms with Gasteiger partial charge in [0.05, 0.1) is 5.92 Å². The molecule has 2 aliphatic heterocycles. The van der Waals surface area contributed by atoms with Gasteiger partial charge in [-0.25, -0.2) is 0 Å². The molecule has 2 fully saturated rings. The van der Waals surface area contributed by atoms with Gasteiger partial charge in [0.1, 0.15) is 6.10 Å². The summed E-state index contributed by atoms with van der Waals surface area (Å²) in [6.07, 6.45) is 3.43. The van der Waals surface area contributed by atoms with Crippen molar-refractivity contribution in [3.8, 4) is 5.88 Å². The minimum atomic E-state index is -0.272. The highest BCUT2D eigenvalue weighted by Crippen LogP contribution is 2.28. The number of nitrogens with zero attached hydrogens (tertiary/aromatic N) is 4. The monoisotopic (exact) mass is 380 g/mol. The van der Waals surface area contributed by atoms with E-state index in [1.165, 1.54) is 0 Å². The summed E-state index contributed by atoms with van der Waals surface area (Å²) in [5.41, 5.74) is 2.01. The average Bonchev–Trinajstić information content (AvgIpc) is 3.11. The number of carbonyl (C=O) groups excluding carboxylic acids is 2. The Hall–Kier alpha value is -2.96. The van der Waals surface area contributed by atoms with Gasteiger partial charge in [-0.3, -0.25) is 9.59 Å². The van der Waals surface area contributed by atoms with E-state index in [0.717, 1.165) is 24.1 Å². The van der Waals surface area contributed by atoms with E-state index < -0.39 is 0 Å². The maximum Gasteiger partial charge on any atom is 0.233 e. The van der Waals surface area contributed by atoms with E-state index in [-0.39, 0.29) is 30.3 Å². The maximum absolute atomic E-state index is 12.9. The Labute approximate surface area is 164 Å². The quantitative estimate of drug-likeness (QED) is 0.813. The number of ether oxygens (including phenoxy) is 1. The molecule has 0 saturated carbocycles. The fraction of sp³-hybridized carbons (Fsp3) is 0.429. The molecule has 28 heavy (non-hydrogen) atoms. The summed E-state index contributed by atoms with van der Waals surface area (Å²) in [4.78, 5) is 29.0. The molecule has 0 bridgehead atoms. The molecule has 2 amide bonds. The Morgan fingerprint density at radius 1 is 1.14 bits per heavy atom. The summed E-state index contributed by atoms with van der Waals surface area (Å²) < 4.78 is 5.84. The fourth-order valence-corrected chi connectivity index (χ4v) is 3.82. The van der Waals surface area contributed by atoms with Gasteiger partial charge in [0.15, 0.2) is 0 Å². The summed E-state index contributed by atoms with van der Waals surface area (Å²) in [7, 11) is 0. The first-order chi connectivity index (χ1) is 13.6. The molecule has 1 atom stereocenters. The summed E-state index contributed by atoms with van der Waals surface area (Å²) >= 11 is 0. The van der Waals surface area contributed by atoms with E-state index in [1.807, 2.05) is 36.1 Å². The lowest BCUT2D eigenvalue weighted by Crippen LogP contribution is -2.45. The third-order valence-electron chi connectivity index (χ3n) is 5.41. The van der Waals surface area contributed by atoms with Crippen LogP contribution in [0.4, 0.5) is 5.69 Å². The van der Waals surface area contributed by atoms with E-state index in [0.29, 0.717) is 25.5 Å². The van der Waals surface area contributed by atoms with Crippen LogP contribution in [-0.4, -0.2) is 52.6 Å². The van der Waals surface area contributed by atoms with Crippen molar-refractivity contribution in [3.63, 3.8) is 0 Å². The van der Waals surface area contributed by atoms with Gasteiger partial charge in [0.2, 0.25) is 17.7 Å². The lowest BCUT2D eigenvalue weighted by atomic mass is 10.0. The highest BCUT2D eigenvalue weighted by atomic mass is 16.5. The maximum atomic E-state index is 12.9. The second-order valence-electron chi connectivity index (χ2n) is 7.45. The third kappa shape index (κ3) is 3.98. The second-order valence-corrected chi connectivity index (χ2v) is 7.45. The highest BCUT2D eigenvalue weighted by molar-refractivity contribution is 6.00. The second kappa shape index (κ2) is 7.96. The molecule has 1 aromatic heterocycles. The molecule has 0 radical (unpaired) electrons. The molecule has 1 unspecified atom stereocenters. The van der Waals surface area contributed by atoms with E-state index in [4.69, 9.17) is 4.74 Å². The Morgan fingerprint density at radius 3 is 2.57 bits per heavy atom. The molecule has 2 aliphatic rings. The number of carbonyl (C=O) groups is 2. The molecular formula is C21H24N4O3. The molecule has 2 aromatic rings. The average molecular weight is 380 g/mol. The molecule has 7 nitrogen and oxygen atoms in total. The number of amides is 2. The molecule has 146 valence electrons. The summed E-state index contributed by atoms with van der Waals surface area (Å²) in [5, 5.41) is 7.76. The lowest BCUT2D eigenvalue weighted by Gasteiger charge is -2.33. The van der Waals surface area contributed by atoms with Crippen LogP contribution < -0.4 is 9.64 Å². The normalized spacial score (nSPS) is 20.5. The van der Waals surface area contributed by atoms with Gasteiger partial charge < -0.3 is 14.5 Å². The molecule has 2 saturated heterocycles. The van der Waals surface area contributed by atoms with Crippen molar-refractivity contribution in [1.82, 2.24) is 15.1 Å². The van der Waals surface area contributed by atoms with Gasteiger partial charge in [-0.1, -0.05) is 17.7 Å². The van der Waals surface area contributed by atoms with Crippen molar-refractivity contribution in [2.75, 3.05) is 24.5 Å². The van der Waals surface area contributed by atoms with Crippen LogP contribution in [-0.2, 0) is 9.59 Å². The zero-order valence-electron chi connectivity index (χ0n) is 16.0. The smallest absolute Gasteiger partial charge is 0.233 e. The third-order valence-corrected chi connectivity index (χ3v) is 5.41. The topological polar surface area (TPSA) is 75.6 Å². The Kier molecular flexibility index (Phi) is 5.23. The number of piperidine rings is 1. The number of benzene rings is 1. The summed E-state index contributed by atoms with van der Waals surface area (Å²) in [6, 6.07) is 11.4. The van der Waals surface area contributed by atoms with Crippen LogP contribution in [0.25, 0.3) is 0 Å². The van der Waals surface area contributed by atoms with Crippen molar-refractivity contribution in [3.05, 3.63) is 48.2 Å². The zero-order chi connectivity index (χ0) is 19.5. The van der Waals surface area contributed by atoms with Crippen LogP contribution >= 0.6 is 0 Å². The minimum absolute atomic E-state index is 0.0167. The number of likely N-dealkylation sites (tertiary alicyclic amines) is 1. The number of anilines is 1. The van der Waals surface area contributed by atoms with E-state index >= 15 is 0 Å². The zero-order valence-corrected chi connectivity index (χ0v) is 16.0. The van der Waals surface area contributed by atoms with Crippen LogP contribution in [0.3, 0.4) is 0 Å². The van der Waals surface area contributed by atoms with Crippen LogP contribution in [0.2, 0.25) is 0 Å². The first-order valence-corrected chi connectivity index (χ1v) is 9.70. The van der Waals surface area contributed by atoms with Gasteiger partial charge in [-0.05, 0) is 25.1 Å². The first kappa shape index (κ1) is 18.4. The van der Waals surface area contributed by atoms with Gasteiger partial charge in [0.25, 0.3) is 0 Å². The number of aryl methyl sites for hydroxylation is 1. The van der Waals surface area contributed by atoms with Crippen LogP contribution in [0.15, 0.2) is 42.6 Å². The number of hydrogen-bond donors (Lipinski definition) is 0. The minimum Gasteiger partial charge on any atom is -0.473 e. The van der Waals surface area contributed by atoms with Gasteiger partial charge >= 0.3 is 0 Å². The van der Waals surface area contributed by atoms with Gasteiger partial charge in [-0.2, -0.15) is 5.10 Å². The van der Waals surface area contributed by atoms with Gasteiger partial charge in [-0.15, -0.1) is 5.10 Å². The van der Waals surface area contributed by atoms with E-state index in [1.54, 1.807) is 23.2 Å². The van der Waals surface area contributed by atoms with Crippen LogP contribution in [0, 0.1) is 12.8 Å². The van der Waals surface area contributed by atoms with Crippen molar-refractivity contribution in [2.45, 2.75) is 32.3 Å². The molecule has 0 aliphatic carbocycles. The molecule has 4 rings (SSSR count). The largest absolute Gasteiger partial charge is 0.473 e. The van der Waals surface area contributed by atoms with Crippen molar-refractivity contribution >= 4 is 17.5 Å². The first-order valence-electron chi connectivity index (χ1n) is 9.70. The lowest BCUT2D eigenvalue weighted by molar-refractivity contribution is -0.137. The molecular weight excluding hydrogens is 356 g/mol. The van der Waals surface area contributed by atoms with Crippen molar-refractivity contribution in [2.24, 2.45) is 5.92 Å². The van der Waals surface area contributed by atoms with Crippen molar-refractivity contribution < 1.29 is 14.3 Å². The highest BCUT2D eigenvalue weighted by Gasteiger charge is 2.38. The number of hydrogen-bond acceptors (Lipinski definition) is 5. The van der Waals surface area contributed by atoms with E-state index in [9.17, 15) is 9.59 Å². The van der Waals surface area contributed by atoms with Crippen LogP contribution in [0.5, 0.6) is 5.88 Å². The Bertz CT molecular complexity index is 832. The molecule has 0 N–H and O–H groups in total. The predicted octanol–water partition coefficient (Wildman–Crippen LogP) is 2.21. The van der Waals surface area contributed by atoms with Crippen molar-refractivity contribution in [1.29, 1.82) is 0 Å². The van der Waals surface area contributed by atoms with Gasteiger partial charge in [0, 0.05) is 56.8 Å². The standard InChI is InChI=1S/C21H24N4O3/c1-15-4-6-17(7-5-15)25-14-16(13-20(25)26)21(27)24-11-8-18(9-12-24)28-19-3-2-10-22-23-19/h2-7,10,16,18H,8-9,11-14H2,1H3. The molecule has 3 heterocycles. The fourth-order valence-electron chi connectivity index (χ4n) is 3.82. The van der Waals surface area contributed by atoms with E-state index in [2.05, 4.69) is 10.2 Å². The SMILES string of the molecule is Cc1ccc(N2CC(C(=O)N3CCC(Oc4cccnn4)CC3)CC2=O)cc1. The summed E-state index contributed by atoms with van der Waals surface area (Å²) in [5.74, 6) is 0.331. The summed E-state index contributed by atoms with van der Waals surface area (Å²) in [6.45, 7) is 3.74. The Balaban J connectivity index is 1.32. The molecule has 1 aromatic carbocycles. The molecule has 0 spiro atoms. The molecule has 7 heteroatoms. The van der Waals surface area contributed by atoms with Crippen LogP contribution in [0.1, 0.15) is 24.8 Å². The Morgan fingerprint density at radius 2 is 1.89 bits per heavy atom. The predicted molar refractivity (Wildman–Crippen MR) is 104 cm³/mol.